The Labute approximate surface area is 159 Å². The van der Waals surface area contributed by atoms with Crippen LogP contribution >= 0.6 is 0 Å². The minimum atomic E-state index is -1.75. The highest BCUT2D eigenvalue weighted by atomic mass is 28.4. The summed E-state index contributed by atoms with van der Waals surface area (Å²) in [5, 5.41) is 0.219. The van der Waals surface area contributed by atoms with Crippen LogP contribution in [0.1, 0.15) is 44.1 Å². The number of rotatable bonds is 9. The first-order valence-corrected chi connectivity index (χ1v) is 12.4. The Hall–Kier alpha value is -1.43. The van der Waals surface area contributed by atoms with E-state index < -0.39 is 8.32 Å². The molecule has 0 unspecified atom stereocenters. The maximum absolute atomic E-state index is 6.39. The van der Waals surface area contributed by atoms with E-state index in [-0.39, 0.29) is 5.04 Å². The molecule has 0 saturated heterocycles. The maximum atomic E-state index is 6.39. The lowest BCUT2D eigenvalue weighted by atomic mass is 10.2. The van der Waals surface area contributed by atoms with Gasteiger partial charge in [0.15, 0.2) is 8.32 Å². The fourth-order valence-electron chi connectivity index (χ4n) is 2.45. The molecule has 2 aromatic rings. The van der Waals surface area contributed by atoms with Gasteiger partial charge in [-0.25, -0.2) is 4.98 Å². The number of aromatic nitrogens is 2. The first-order chi connectivity index (χ1) is 12.2. The summed E-state index contributed by atoms with van der Waals surface area (Å²) in [6.45, 7) is 16.4. The Morgan fingerprint density at radius 3 is 2.42 bits per heavy atom. The third-order valence-corrected chi connectivity index (χ3v) is 9.81. The molecule has 1 aromatic carbocycles. The molecular formula is C21H34N2O2Si. The van der Waals surface area contributed by atoms with Gasteiger partial charge in [-0.05, 0) is 37.0 Å². The van der Waals surface area contributed by atoms with Crippen molar-refractivity contribution in [1.82, 2.24) is 9.55 Å². The van der Waals surface area contributed by atoms with Gasteiger partial charge in [-0.3, -0.25) is 0 Å². The molecule has 0 aliphatic rings. The topological polar surface area (TPSA) is 36.3 Å². The van der Waals surface area contributed by atoms with Crippen molar-refractivity contribution in [2.75, 3.05) is 6.61 Å². The van der Waals surface area contributed by atoms with Gasteiger partial charge in [0.25, 0.3) is 0 Å². The zero-order valence-electron chi connectivity index (χ0n) is 17.2. The summed E-state index contributed by atoms with van der Waals surface area (Å²) in [6, 6.07) is 10.3. The molecule has 0 radical (unpaired) electrons. The van der Waals surface area contributed by atoms with E-state index in [0.717, 1.165) is 25.3 Å². The number of benzene rings is 1. The van der Waals surface area contributed by atoms with E-state index in [4.69, 9.17) is 9.16 Å². The van der Waals surface area contributed by atoms with Crippen LogP contribution in [0.15, 0.2) is 36.7 Å². The fraction of sp³-hybridized carbons (Fsp3) is 0.571. The van der Waals surface area contributed by atoms with Crippen molar-refractivity contribution < 1.29 is 9.16 Å². The number of ether oxygens (including phenoxy) is 1. The molecule has 0 fully saturated rings. The summed E-state index contributed by atoms with van der Waals surface area (Å²) in [5.74, 6) is 0. The van der Waals surface area contributed by atoms with E-state index in [1.807, 2.05) is 24.5 Å². The smallest absolute Gasteiger partial charge is 0.192 e. The third kappa shape index (κ3) is 5.79. The second-order valence-electron chi connectivity index (χ2n) is 8.41. The molecule has 0 aliphatic heterocycles. The standard InChI is InChI=1S/C21H34N2O2Si/c1-18-20(16-25-26(5,6)21(2,3)4)23(17-22-18)13-10-14-24-15-19-11-8-7-9-12-19/h7-9,11-12,17H,10,13-16H2,1-6H3. The van der Waals surface area contributed by atoms with Crippen LogP contribution in [0, 0.1) is 6.92 Å². The zero-order chi connectivity index (χ0) is 19.2. The molecule has 0 spiro atoms. The fourth-order valence-corrected chi connectivity index (χ4v) is 3.39. The van der Waals surface area contributed by atoms with Crippen LogP contribution in [0.5, 0.6) is 0 Å². The molecule has 26 heavy (non-hydrogen) atoms. The molecule has 0 bridgehead atoms. The molecule has 0 aliphatic carbocycles. The van der Waals surface area contributed by atoms with Gasteiger partial charge in [-0.1, -0.05) is 51.1 Å². The lowest BCUT2D eigenvalue weighted by Crippen LogP contribution is -2.40. The molecule has 5 heteroatoms. The minimum absolute atomic E-state index is 0.219. The van der Waals surface area contributed by atoms with Crippen molar-refractivity contribution in [3.05, 3.63) is 53.6 Å². The van der Waals surface area contributed by atoms with Crippen LogP contribution in [-0.4, -0.2) is 24.5 Å². The van der Waals surface area contributed by atoms with Gasteiger partial charge in [0.05, 0.1) is 30.9 Å². The molecule has 2 rings (SSSR count). The van der Waals surface area contributed by atoms with E-state index in [1.54, 1.807) is 0 Å². The van der Waals surface area contributed by atoms with Crippen LogP contribution in [0.4, 0.5) is 0 Å². The highest BCUT2D eigenvalue weighted by molar-refractivity contribution is 6.74. The molecule has 144 valence electrons. The normalized spacial score (nSPS) is 12.5. The number of hydrogen-bond acceptors (Lipinski definition) is 3. The summed E-state index contributed by atoms with van der Waals surface area (Å²) in [4.78, 5) is 4.48. The SMILES string of the molecule is Cc1ncn(CCCOCc2ccccc2)c1CO[Si](C)(C)C(C)(C)C. The van der Waals surface area contributed by atoms with Crippen LogP contribution in [0.3, 0.4) is 0 Å². The van der Waals surface area contributed by atoms with Crippen molar-refractivity contribution in [3.8, 4) is 0 Å². The number of aryl methyl sites for hydroxylation is 2. The quantitative estimate of drug-likeness (QED) is 0.440. The Balaban J connectivity index is 1.81. The Morgan fingerprint density at radius 1 is 1.08 bits per heavy atom. The van der Waals surface area contributed by atoms with Gasteiger partial charge in [0.1, 0.15) is 0 Å². The molecule has 0 atom stereocenters. The van der Waals surface area contributed by atoms with Gasteiger partial charge in [-0.2, -0.15) is 0 Å². The summed E-state index contributed by atoms with van der Waals surface area (Å²) in [7, 11) is -1.75. The van der Waals surface area contributed by atoms with Crippen LogP contribution in [0.2, 0.25) is 18.1 Å². The predicted molar refractivity (Wildman–Crippen MR) is 110 cm³/mol. The zero-order valence-corrected chi connectivity index (χ0v) is 18.2. The number of imidazole rings is 1. The van der Waals surface area contributed by atoms with E-state index in [2.05, 4.69) is 62.5 Å². The lowest BCUT2D eigenvalue weighted by molar-refractivity contribution is 0.115. The third-order valence-electron chi connectivity index (χ3n) is 5.33. The van der Waals surface area contributed by atoms with E-state index >= 15 is 0 Å². The molecule has 1 heterocycles. The Bertz CT molecular complexity index is 675. The van der Waals surface area contributed by atoms with Gasteiger partial charge >= 0.3 is 0 Å². The number of nitrogens with zero attached hydrogens (tertiary/aromatic N) is 2. The van der Waals surface area contributed by atoms with Gasteiger partial charge in [0, 0.05) is 13.2 Å². The summed E-state index contributed by atoms with van der Waals surface area (Å²) in [5.41, 5.74) is 3.47. The van der Waals surface area contributed by atoms with E-state index in [1.165, 1.54) is 11.3 Å². The van der Waals surface area contributed by atoms with Gasteiger partial charge < -0.3 is 13.7 Å². The van der Waals surface area contributed by atoms with Crippen molar-refractivity contribution in [3.63, 3.8) is 0 Å². The van der Waals surface area contributed by atoms with E-state index in [0.29, 0.717) is 13.2 Å². The first kappa shape index (κ1) is 20.9. The summed E-state index contributed by atoms with van der Waals surface area (Å²) < 4.78 is 14.4. The monoisotopic (exact) mass is 374 g/mol. The summed E-state index contributed by atoms with van der Waals surface area (Å²) in [6.07, 6.45) is 2.90. The average Bonchev–Trinajstić information content (AvgIpc) is 2.93. The second kappa shape index (κ2) is 8.98. The van der Waals surface area contributed by atoms with Gasteiger partial charge in [0.2, 0.25) is 0 Å². The molecule has 0 N–H and O–H groups in total. The van der Waals surface area contributed by atoms with Crippen molar-refractivity contribution in [2.45, 2.75) is 72.0 Å². The van der Waals surface area contributed by atoms with Gasteiger partial charge in [-0.15, -0.1) is 0 Å². The molecule has 4 nitrogen and oxygen atoms in total. The highest BCUT2D eigenvalue weighted by Gasteiger charge is 2.37. The average molecular weight is 375 g/mol. The Kier molecular flexibility index (Phi) is 7.21. The highest BCUT2D eigenvalue weighted by Crippen LogP contribution is 2.37. The first-order valence-electron chi connectivity index (χ1n) is 9.47. The van der Waals surface area contributed by atoms with Crippen LogP contribution in [-0.2, 0) is 28.9 Å². The van der Waals surface area contributed by atoms with Crippen molar-refractivity contribution in [2.24, 2.45) is 0 Å². The second-order valence-corrected chi connectivity index (χ2v) is 13.2. The summed E-state index contributed by atoms with van der Waals surface area (Å²) >= 11 is 0. The van der Waals surface area contributed by atoms with Crippen LogP contribution in [0.25, 0.3) is 0 Å². The van der Waals surface area contributed by atoms with Crippen molar-refractivity contribution >= 4 is 8.32 Å². The number of hydrogen-bond donors (Lipinski definition) is 0. The molecular weight excluding hydrogens is 340 g/mol. The lowest BCUT2D eigenvalue weighted by Gasteiger charge is -2.36. The Morgan fingerprint density at radius 2 is 1.77 bits per heavy atom. The molecule has 0 amide bonds. The largest absolute Gasteiger partial charge is 0.411 e. The molecule has 1 aromatic heterocycles. The molecule has 0 saturated carbocycles. The van der Waals surface area contributed by atoms with Crippen molar-refractivity contribution in [1.29, 1.82) is 0 Å². The van der Waals surface area contributed by atoms with E-state index in [9.17, 15) is 0 Å². The maximum Gasteiger partial charge on any atom is 0.192 e. The minimum Gasteiger partial charge on any atom is -0.411 e. The van der Waals surface area contributed by atoms with Crippen LogP contribution < -0.4 is 0 Å². The predicted octanol–water partition coefficient (Wildman–Crippen LogP) is 5.32.